The lowest BCUT2D eigenvalue weighted by Crippen LogP contribution is -2.48. The van der Waals surface area contributed by atoms with E-state index in [0.29, 0.717) is 38.2 Å². The fraction of sp³-hybridized carbons (Fsp3) is 0.625. The first-order valence-corrected chi connectivity index (χ1v) is 22.8. The summed E-state index contributed by atoms with van der Waals surface area (Å²) in [5.74, 6) is -0.707. The van der Waals surface area contributed by atoms with Gasteiger partial charge in [-0.15, -0.1) is 11.3 Å². The molecule has 14 heteroatoms. The second kappa shape index (κ2) is 16.2. The second-order valence-electron chi connectivity index (χ2n) is 17.6. The Hall–Kier alpha value is -3.75. The number of aromatic nitrogens is 2. The van der Waals surface area contributed by atoms with Crippen LogP contribution in [-0.4, -0.2) is 89.7 Å². The van der Waals surface area contributed by atoms with Gasteiger partial charge in [-0.25, -0.2) is 9.78 Å². The zero-order chi connectivity index (χ0) is 39.7. The number of nitrogens with one attached hydrogen (secondary N) is 1. The predicted molar refractivity (Wildman–Crippen MR) is 212 cm³/mol. The van der Waals surface area contributed by atoms with Gasteiger partial charge in [-0.2, -0.15) is 0 Å². The molecule has 3 aromatic rings. The van der Waals surface area contributed by atoms with Crippen LogP contribution in [0.5, 0.6) is 5.88 Å². The molecule has 0 spiro atoms. The van der Waals surface area contributed by atoms with Gasteiger partial charge < -0.3 is 33.5 Å². The Bertz CT molecular complexity index is 1780. The lowest BCUT2D eigenvalue weighted by Gasteiger charge is -2.38. The molecule has 5 rings (SSSR count). The minimum atomic E-state index is -2.22. The van der Waals surface area contributed by atoms with Gasteiger partial charge in [0.2, 0.25) is 11.8 Å². The topological polar surface area (TPSA) is 136 Å². The maximum Gasteiger partial charge on any atom is 0.410 e. The average molecular weight is 782 g/mol. The van der Waals surface area contributed by atoms with Crippen molar-refractivity contribution in [3.63, 3.8) is 0 Å². The van der Waals surface area contributed by atoms with Crippen molar-refractivity contribution >= 4 is 37.6 Å². The molecule has 296 valence electrons. The smallest absolute Gasteiger partial charge is 0.410 e. The van der Waals surface area contributed by atoms with Crippen LogP contribution in [0.3, 0.4) is 0 Å². The van der Waals surface area contributed by atoms with E-state index in [1.807, 2.05) is 66.1 Å². The first-order chi connectivity index (χ1) is 25.1. The molecule has 54 heavy (non-hydrogen) atoms. The number of rotatable bonds is 11. The van der Waals surface area contributed by atoms with E-state index in [2.05, 4.69) is 61.5 Å². The van der Waals surface area contributed by atoms with Gasteiger partial charge in [-0.3, -0.25) is 9.59 Å². The van der Waals surface area contributed by atoms with Crippen molar-refractivity contribution < 1.29 is 32.8 Å². The molecule has 2 aliphatic rings. The summed E-state index contributed by atoms with van der Waals surface area (Å²) in [6.45, 7) is 25.5. The van der Waals surface area contributed by atoms with Crippen molar-refractivity contribution in [2.45, 2.75) is 136 Å². The van der Waals surface area contributed by atoms with E-state index < -0.39 is 25.9 Å². The molecule has 12 nitrogen and oxygen atoms in total. The molecule has 0 aliphatic carbocycles. The number of carbonyl (C=O) groups is 3. The van der Waals surface area contributed by atoms with Crippen LogP contribution >= 0.6 is 11.3 Å². The number of likely N-dealkylation sites (tertiary alicyclic amines) is 2. The zero-order valence-electron chi connectivity index (χ0n) is 34.0. The molecule has 0 bridgehead atoms. The largest absolute Gasteiger partial charge is 0.470 e. The van der Waals surface area contributed by atoms with Crippen molar-refractivity contribution in [2.75, 3.05) is 19.6 Å². The second-order valence-corrected chi connectivity index (χ2v) is 23.2. The molecule has 0 saturated carbocycles. The van der Waals surface area contributed by atoms with Gasteiger partial charge in [0.1, 0.15) is 23.7 Å². The Morgan fingerprint density at radius 2 is 1.70 bits per heavy atom. The maximum absolute atomic E-state index is 14.6. The minimum Gasteiger partial charge on any atom is -0.470 e. The quantitative estimate of drug-likeness (QED) is 0.192. The zero-order valence-corrected chi connectivity index (χ0v) is 35.8. The molecular weight excluding hydrogens is 723 g/mol. The van der Waals surface area contributed by atoms with E-state index in [0.717, 1.165) is 21.7 Å². The summed E-state index contributed by atoms with van der Waals surface area (Å²) < 4.78 is 24.2. The highest BCUT2D eigenvalue weighted by molar-refractivity contribution is 7.13. The molecule has 4 heterocycles. The van der Waals surface area contributed by atoms with E-state index in [4.69, 9.17) is 18.4 Å². The number of benzene rings is 1. The van der Waals surface area contributed by atoms with E-state index in [1.54, 1.807) is 27.2 Å². The van der Waals surface area contributed by atoms with Crippen LogP contribution in [0.25, 0.3) is 10.4 Å². The number of ether oxygens (including phenoxy) is 2. The van der Waals surface area contributed by atoms with Gasteiger partial charge in [0.15, 0.2) is 14.1 Å². The van der Waals surface area contributed by atoms with Crippen LogP contribution in [-0.2, 0) is 18.8 Å². The van der Waals surface area contributed by atoms with Gasteiger partial charge >= 0.3 is 6.09 Å². The summed E-state index contributed by atoms with van der Waals surface area (Å²) in [5, 5.41) is 7.32. The number of carbonyl (C=O) groups excluding carboxylic acids is 3. The highest BCUT2D eigenvalue weighted by Gasteiger charge is 2.48. The number of aryl methyl sites for hydroxylation is 1. The third-order valence-electron chi connectivity index (χ3n) is 10.7. The SMILES string of the molecule is Cc1ncsc1-c1ccc([C@H](C)NC(=O)[C@@H]2C[C@@H](O[Si](C)(C)C(C)(C)C)CN2C(=O)[C@@H](c2cc(OC3CCN(C(=O)OC(C)(C)C)C3)no2)C(C)C)cc1. The molecule has 3 amide bonds. The minimum absolute atomic E-state index is 0.0411. The highest BCUT2D eigenvalue weighted by Crippen LogP contribution is 2.40. The number of hydrogen-bond acceptors (Lipinski definition) is 10. The van der Waals surface area contributed by atoms with Gasteiger partial charge in [0, 0.05) is 32.0 Å². The number of nitrogens with zero attached hydrogens (tertiary/aromatic N) is 4. The van der Waals surface area contributed by atoms with Crippen LogP contribution in [0, 0.1) is 12.8 Å². The number of amides is 3. The Labute approximate surface area is 325 Å². The summed E-state index contributed by atoms with van der Waals surface area (Å²) in [6.07, 6.45) is 0.0429. The van der Waals surface area contributed by atoms with Crippen LogP contribution in [0.2, 0.25) is 18.1 Å². The van der Waals surface area contributed by atoms with E-state index >= 15 is 0 Å². The summed E-state index contributed by atoms with van der Waals surface area (Å²) in [7, 11) is -2.22. The number of hydrogen-bond donors (Lipinski definition) is 1. The molecule has 2 aromatic heterocycles. The monoisotopic (exact) mass is 781 g/mol. The lowest BCUT2D eigenvalue weighted by atomic mass is 9.91. The van der Waals surface area contributed by atoms with E-state index in [-0.39, 0.29) is 53.0 Å². The Balaban J connectivity index is 1.32. The van der Waals surface area contributed by atoms with E-state index in [1.165, 1.54) is 0 Å². The van der Waals surface area contributed by atoms with Crippen molar-refractivity contribution in [1.82, 2.24) is 25.3 Å². The Morgan fingerprint density at radius 1 is 1.02 bits per heavy atom. The normalized spacial score (nSPS) is 20.6. The predicted octanol–water partition coefficient (Wildman–Crippen LogP) is 8.10. The van der Waals surface area contributed by atoms with Crippen molar-refractivity contribution in [2.24, 2.45) is 5.92 Å². The molecule has 1 aromatic carbocycles. The standard InChI is InChI=1S/C40H59N5O7SSi/c1-24(2)34(32-20-33(43-51-32)49-29-17-18-44(21-29)38(48)50-39(5,6)7)37(47)45-22-30(52-54(11,12)40(8,9)10)19-31(45)36(46)42-25(3)27-13-15-28(16-14-27)35-26(4)41-23-53-35/h13-16,20,23-25,29-31,34H,17-19,21-22H2,1-12H3,(H,42,46)/t25-,29?,30+,31-,34+/m0/s1. The van der Waals surface area contributed by atoms with E-state index in [9.17, 15) is 14.4 Å². The third-order valence-corrected chi connectivity index (χ3v) is 16.2. The first-order valence-electron chi connectivity index (χ1n) is 19.0. The molecule has 1 N–H and O–H groups in total. The summed E-state index contributed by atoms with van der Waals surface area (Å²) >= 11 is 1.60. The first kappa shape index (κ1) is 41.4. The summed E-state index contributed by atoms with van der Waals surface area (Å²) in [4.78, 5) is 50.2. The molecule has 0 radical (unpaired) electrons. The molecular formula is C40H59N5O7SSi. The fourth-order valence-electron chi connectivity index (χ4n) is 6.74. The molecule has 2 aliphatic heterocycles. The van der Waals surface area contributed by atoms with Crippen LogP contribution < -0.4 is 10.1 Å². The van der Waals surface area contributed by atoms with Crippen LogP contribution in [0.15, 0.2) is 40.4 Å². The molecule has 1 unspecified atom stereocenters. The van der Waals surface area contributed by atoms with Gasteiger partial charge in [0.05, 0.1) is 34.8 Å². The van der Waals surface area contributed by atoms with Crippen LogP contribution in [0.1, 0.15) is 104 Å². The highest BCUT2D eigenvalue weighted by atomic mass is 32.1. The van der Waals surface area contributed by atoms with Crippen molar-refractivity contribution in [1.29, 1.82) is 0 Å². The van der Waals surface area contributed by atoms with Crippen molar-refractivity contribution in [3.05, 3.63) is 52.9 Å². The fourth-order valence-corrected chi connectivity index (χ4v) is 8.91. The molecule has 2 saturated heterocycles. The summed E-state index contributed by atoms with van der Waals surface area (Å²) in [5.41, 5.74) is 4.29. The van der Waals surface area contributed by atoms with Gasteiger partial charge in [0.25, 0.3) is 5.88 Å². The Kier molecular flexibility index (Phi) is 12.4. The lowest BCUT2D eigenvalue weighted by molar-refractivity contribution is -0.141. The molecule has 5 atom stereocenters. The van der Waals surface area contributed by atoms with Crippen molar-refractivity contribution in [3.8, 4) is 16.3 Å². The van der Waals surface area contributed by atoms with Gasteiger partial charge in [-0.05, 0) is 75.0 Å². The Morgan fingerprint density at radius 3 is 2.30 bits per heavy atom. The number of thiazole rings is 1. The maximum atomic E-state index is 14.6. The van der Waals surface area contributed by atoms with Crippen LogP contribution in [0.4, 0.5) is 4.79 Å². The van der Waals surface area contributed by atoms with Gasteiger partial charge in [-0.1, -0.05) is 58.9 Å². The summed E-state index contributed by atoms with van der Waals surface area (Å²) in [6, 6.07) is 8.80. The third kappa shape index (κ3) is 9.72. The average Bonchev–Trinajstić information content (AvgIpc) is 3.88. The molecule has 2 fully saturated rings.